The molecular weight excluding hydrogens is 358 g/mol. The molecule has 124 valence electrons. The summed E-state index contributed by atoms with van der Waals surface area (Å²) in [7, 11) is 0. The first kappa shape index (κ1) is 15.7. The molecule has 0 saturated heterocycles. The number of halogens is 1. The molecule has 0 atom stereocenters. The molecule has 0 unspecified atom stereocenters. The molecule has 4 aromatic rings. The summed E-state index contributed by atoms with van der Waals surface area (Å²) in [5, 5.41) is 12.0. The van der Waals surface area contributed by atoms with Gasteiger partial charge in [0.2, 0.25) is 0 Å². The molecule has 0 aliphatic heterocycles. The number of aromatic nitrogens is 4. The molecular formula is C17H12ClN5OS. The summed E-state index contributed by atoms with van der Waals surface area (Å²) < 4.78 is 0. The van der Waals surface area contributed by atoms with Crippen LogP contribution in [0, 0.1) is 6.92 Å². The van der Waals surface area contributed by atoms with Gasteiger partial charge in [0.25, 0.3) is 5.88 Å². The number of nitrogens with zero attached hydrogens (tertiary/aromatic N) is 4. The number of rotatable bonds is 2. The summed E-state index contributed by atoms with van der Waals surface area (Å²) in [6, 6.07) is 7.40. The molecule has 3 N–H and O–H groups in total. The molecule has 3 heterocycles. The van der Waals surface area contributed by atoms with Crippen molar-refractivity contribution in [3.8, 4) is 27.8 Å². The topological polar surface area (TPSA) is 97.8 Å². The average molecular weight is 370 g/mol. The number of hydrogen-bond donors (Lipinski definition) is 2. The maximum Gasteiger partial charge on any atom is 0.255 e. The van der Waals surface area contributed by atoms with Crippen molar-refractivity contribution < 1.29 is 5.11 Å². The Morgan fingerprint density at radius 3 is 2.76 bits per heavy atom. The van der Waals surface area contributed by atoms with Crippen molar-refractivity contribution in [3.05, 3.63) is 46.6 Å². The molecule has 4 rings (SSSR count). The minimum absolute atomic E-state index is 0.0415. The Kier molecular flexibility index (Phi) is 3.74. The predicted octanol–water partition coefficient (Wildman–Crippen LogP) is 4.06. The van der Waals surface area contributed by atoms with E-state index in [0.717, 1.165) is 10.3 Å². The van der Waals surface area contributed by atoms with Crippen molar-refractivity contribution in [2.75, 3.05) is 5.73 Å². The van der Waals surface area contributed by atoms with Gasteiger partial charge in [-0.2, -0.15) is 0 Å². The van der Waals surface area contributed by atoms with Crippen LogP contribution in [0.1, 0.15) is 4.88 Å². The molecule has 0 spiro atoms. The Hall–Kier alpha value is -2.77. The van der Waals surface area contributed by atoms with Gasteiger partial charge in [0.15, 0.2) is 5.82 Å². The Bertz CT molecular complexity index is 1110. The third kappa shape index (κ3) is 2.77. The van der Waals surface area contributed by atoms with Crippen LogP contribution >= 0.6 is 22.9 Å². The Morgan fingerprint density at radius 1 is 1.16 bits per heavy atom. The highest BCUT2D eigenvalue weighted by Crippen LogP contribution is 2.37. The molecule has 3 aromatic heterocycles. The van der Waals surface area contributed by atoms with Gasteiger partial charge in [0, 0.05) is 28.2 Å². The standard InChI is InChI=1S/C17H12ClN5OS/c1-8-7-21-17(25-8)14-13(23-16(24)15(19)22-14)10-5-9-3-2-4-20-12(9)11(18)6-10/h2-7H,1H3,(H2,19,22)(H,23,24). The summed E-state index contributed by atoms with van der Waals surface area (Å²) >= 11 is 7.85. The summed E-state index contributed by atoms with van der Waals surface area (Å²) in [5.74, 6) is -0.366. The van der Waals surface area contributed by atoms with Gasteiger partial charge >= 0.3 is 0 Å². The predicted molar refractivity (Wildman–Crippen MR) is 99.7 cm³/mol. The van der Waals surface area contributed by atoms with E-state index in [0.29, 0.717) is 32.5 Å². The first-order valence-electron chi connectivity index (χ1n) is 7.37. The lowest BCUT2D eigenvalue weighted by Gasteiger charge is -2.10. The largest absolute Gasteiger partial charge is 0.491 e. The van der Waals surface area contributed by atoms with Crippen molar-refractivity contribution >= 4 is 39.7 Å². The van der Waals surface area contributed by atoms with Gasteiger partial charge in [-0.1, -0.05) is 17.7 Å². The monoisotopic (exact) mass is 369 g/mol. The van der Waals surface area contributed by atoms with E-state index in [9.17, 15) is 5.11 Å². The van der Waals surface area contributed by atoms with E-state index in [1.165, 1.54) is 11.3 Å². The van der Waals surface area contributed by atoms with Crippen molar-refractivity contribution in [1.29, 1.82) is 0 Å². The Morgan fingerprint density at radius 2 is 2.00 bits per heavy atom. The summed E-state index contributed by atoms with van der Waals surface area (Å²) in [6.07, 6.45) is 3.44. The van der Waals surface area contributed by atoms with E-state index >= 15 is 0 Å². The summed E-state index contributed by atoms with van der Waals surface area (Å²) in [4.78, 5) is 18.2. The molecule has 0 aliphatic carbocycles. The van der Waals surface area contributed by atoms with Crippen LogP contribution in [-0.4, -0.2) is 25.0 Å². The van der Waals surface area contributed by atoms with E-state index in [4.69, 9.17) is 17.3 Å². The molecule has 0 saturated carbocycles. The van der Waals surface area contributed by atoms with Gasteiger partial charge in [-0.25, -0.2) is 15.0 Å². The summed E-state index contributed by atoms with van der Waals surface area (Å²) in [5.41, 5.74) is 8.13. The zero-order valence-electron chi connectivity index (χ0n) is 13.1. The lowest BCUT2D eigenvalue weighted by atomic mass is 10.1. The highest BCUT2D eigenvalue weighted by atomic mass is 35.5. The molecule has 0 radical (unpaired) electrons. The molecule has 1 aromatic carbocycles. The lowest BCUT2D eigenvalue weighted by molar-refractivity contribution is 0.455. The smallest absolute Gasteiger partial charge is 0.255 e. The fourth-order valence-corrected chi connectivity index (χ4v) is 3.57. The van der Waals surface area contributed by atoms with Gasteiger partial charge in [0.1, 0.15) is 16.4 Å². The number of pyridine rings is 1. The van der Waals surface area contributed by atoms with Gasteiger partial charge in [0.05, 0.1) is 10.5 Å². The maximum atomic E-state index is 9.96. The average Bonchev–Trinajstić information content (AvgIpc) is 3.03. The number of thiazole rings is 1. The molecule has 0 amide bonds. The second kappa shape index (κ2) is 5.94. The zero-order valence-corrected chi connectivity index (χ0v) is 14.6. The highest BCUT2D eigenvalue weighted by Gasteiger charge is 2.18. The molecule has 0 fully saturated rings. The zero-order chi connectivity index (χ0) is 17.6. The summed E-state index contributed by atoms with van der Waals surface area (Å²) in [6.45, 7) is 1.95. The van der Waals surface area contributed by atoms with E-state index in [-0.39, 0.29) is 11.7 Å². The van der Waals surface area contributed by atoms with Crippen LogP contribution in [0.2, 0.25) is 5.02 Å². The molecule has 25 heavy (non-hydrogen) atoms. The van der Waals surface area contributed by atoms with Crippen LogP contribution in [0.15, 0.2) is 36.7 Å². The number of nitrogen functional groups attached to an aromatic ring is 1. The third-order valence-corrected chi connectivity index (χ3v) is 4.87. The molecule has 0 aliphatic rings. The second-order valence-corrected chi connectivity index (χ2v) is 7.08. The van der Waals surface area contributed by atoms with Crippen molar-refractivity contribution in [1.82, 2.24) is 19.9 Å². The van der Waals surface area contributed by atoms with Gasteiger partial charge < -0.3 is 10.8 Å². The fourth-order valence-electron chi connectivity index (χ4n) is 2.54. The SMILES string of the molecule is Cc1cnc(-c2nc(N)c(O)nc2-c2cc(Cl)c3ncccc3c2)s1. The number of aryl methyl sites for hydroxylation is 1. The number of benzene rings is 1. The van der Waals surface area contributed by atoms with Crippen molar-refractivity contribution in [2.24, 2.45) is 0 Å². The van der Waals surface area contributed by atoms with Crippen LogP contribution < -0.4 is 5.73 Å². The van der Waals surface area contributed by atoms with Crippen LogP contribution in [0.3, 0.4) is 0 Å². The minimum Gasteiger partial charge on any atom is -0.491 e. The van der Waals surface area contributed by atoms with Gasteiger partial charge in [-0.05, 0) is 25.1 Å². The Balaban J connectivity index is 2.00. The number of hydrogen-bond acceptors (Lipinski definition) is 7. The van der Waals surface area contributed by atoms with Gasteiger partial charge in [-0.15, -0.1) is 11.3 Å². The number of anilines is 1. The third-order valence-electron chi connectivity index (χ3n) is 3.66. The van der Waals surface area contributed by atoms with Crippen LogP contribution in [-0.2, 0) is 0 Å². The van der Waals surface area contributed by atoms with Crippen LogP contribution in [0.4, 0.5) is 5.82 Å². The highest BCUT2D eigenvalue weighted by molar-refractivity contribution is 7.14. The normalized spacial score (nSPS) is 11.1. The van der Waals surface area contributed by atoms with E-state index < -0.39 is 0 Å². The number of aromatic hydroxyl groups is 1. The number of fused-ring (bicyclic) bond motifs is 1. The minimum atomic E-state index is -0.325. The number of nitrogens with two attached hydrogens (primary N) is 1. The van der Waals surface area contributed by atoms with Crippen molar-refractivity contribution in [2.45, 2.75) is 6.92 Å². The van der Waals surface area contributed by atoms with E-state index in [2.05, 4.69) is 19.9 Å². The fraction of sp³-hybridized carbons (Fsp3) is 0.0588. The van der Waals surface area contributed by atoms with Crippen molar-refractivity contribution in [3.63, 3.8) is 0 Å². The first-order valence-corrected chi connectivity index (χ1v) is 8.56. The molecule has 6 nitrogen and oxygen atoms in total. The van der Waals surface area contributed by atoms with E-state index in [1.54, 1.807) is 18.5 Å². The van der Waals surface area contributed by atoms with Gasteiger partial charge in [-0.3, -0.25) is 4.98 Å². The van der Waals surface area contributed by atoms with Crippen LogP contribution in [0.5, 0.6) is 5.88 Å². The molecule has 8 heteroatoms. The lowest BCUT2D eigenvalue weighted by Crippen LogP contribution is -1.99. The first-order chi connectivity index (χ1) is 12.0. The van der Waals surface area contributed by atoms with Crippen LogP contribution in [0.25, 0.3) is 32.9 Å². The second-order valence-electron chi connectivity index (χ2n) is 5.44. The maximum absolute atomic E-state index is 9.96. The quantitative estimate of drug-likeness (QED) is 0.552. The Labute approximate surface area is 152 Å². The molecule has 0 bridgehead atoms. The van der Waals surface area contributed by atoms with E-state index in [1.807, 2.05) is 25.1 Å².